The maximum atomic E-state index is 9.10. The van der Waals surface area contributed by atoms with E-state index >= 15 is 0 Å². The van der Waals surface area contributed by atoms with Gasteiger partial charge in [-0.25, -0.2) is 9.59 Å². The van der Waals surface area contributed by atoms with Crippen molar-refractivity contribution in [3.05, 3.63) is 29.8 Å². The molecule has 0 saturated carbocycles. The van der Waals surface area contributed by atoms with Gasteiger partial charge in [0.25, 0.3) is 0 Å². The van der Waals surface area contributed by atoms with E-state index in [1.54, 1.807) is 0 Å². The van der Waals surface area contributed by atoms with Crippen LogP contribution in [-0.4, -0.2) is 53.6 Å². The van der Waals surface area contributed by atoms with Crippen molar-refractivity contribution in [2.45, 2.75) is 32.6 Å². The molecular weight excluding hydrogens is 314 g/mol. The van der Waals surface area contributed by atoms with E-state index in [1.165, 1.54) is 5.56 Å². The molecule has 0 aromatic heterocycles. The Morgan fingerprint density at radius 3 is 2.17 bits per heavy atom. The van der Waals surface area contributed by atoms with Gasteiger partial charge in [-0.2, -0.15) is 0 Å². The summed E-state index contributed by atoms with van der Waals surface area (Å²) in [6.07, 6.45) is 2.11. The Hall–Kier alpha value is -2.12. The first-order valence-corrected chi connectivity index (χ1v) is 7.92. The molecule has 7 heteroatoms. The predicted molar refractivity (Wildman–Crippen MR) is 90.5 cm³/mol. The lowest BCUT2D eigenvalue weighted by Gasteiger charge is -2.11. The highest BCUT2D eigenvalue weighted by atomic mass is 16.5. The first kappa shape index (κ1) is 21.9. The monoisotopic (exact) mass is 341 g/mol. The first-order valence-electron chi connectivity index (χ1n) is 7.92. The lowest BCUT2D eigenvalue weighted by Crippen LogP contribution is -2.20. The van der Waals surface area contributed by atoms with E-state index in [0.717, 1.165) is 25.1 Å². The summed E-state index contributed by atoms with van der Waals surface area (Å²) in [5.41, 5.74) is 1.37. The van der Waals surface area contributed by atoms with Gasteiger partial charge in [-0.3, -0.25) is 0 Å². The summed E-state index contributed by atoms with van der Waals surface area (Å²) in [6, 6.07) is 8.38. The number of aliphatic hydroxyl groups excluding tert-OH is 1. The Labute approximate surface area is 142 Å². The third kappa shape index (κ3) is 10.6. The molecule has 0 spiro atoms. The average molecular weight is 341 g/mol. The number of aliphatic hydroxyl groups is 1. The number of rotatable bonds is 9. The van der Waals surface area contributed by atoms with Gasteiger partial charge in [0.05, 0.1) is 13.2 Å². The van der Waals surface area contributed by atoms with Crippen LogP contribution in [-0.2, 0) is 9.59 Å². The number of carboxylic acids is 2. The van der Waals surface area contributed by atoms with Gasteiger partial charge < -0.3 is 25.4 Å². The number of ether oxygens (including phenoxy) is 1. The normalized spacial score (nSPS) is 11.1. The van der Waals surface area contributed by atoms with E-state index < -0.39 is 11.9 Å². The molecule has 1 rings (SSSR count). The molecule has 0 aliphatic rings. The molecule has 136 valence electrons. The van der Waals surface area contributed by atoms with E-state index in [0.29, 0.717) is 19.1 Å². The van der Waals surface area contributed by atoms with Crippen molar-refractivity contribution in [1.29, 1.82) is 0 Å². The molecule has 0 aliphatic carbocycles. The fourth-order valence-corrected chi connectivity index (χ4v) is 1.72. The van der Waals surface area contributed by atoms with Crippen LogP contribution in [0.2, 0.25) is 0 Å². The third-order valence-electron chi connectivity index (χ3n) is 3.30. The molecule has 0 saturated heterocycles. The molecule has 1 aromatic carbocycles. The van der Waals surface area contributed by atoms with Gasteiger partial charge >= 0.3 is 11.9 Å². The van der Waals surface area contributed by atoms with Crippen LogP contribution in [0.4, 0.5) is 0 Å². The van der Waals surface area contributed by atoms with Gasteiger partial charge in [0.15, 0.2) is 0 Å². The number of aliphatic carboxylic acids is 2. The van der Waals surface area contributed by atoms with Crippen molar-refractivity contribution in [2.24, 2.45) is 0 Å². The molecule has 1 aromatic rings. The second-order valence-corrected chi connectivity index (χ2v) is 5.16. The van der Waals surface area contributed by atoms with Crippen LogP contribution in [0.15, 0.2) is 24.3 Å². The topological polar surface area (TPSA) is 116 Å². The maximum absolute atomic E-state index is 9.10. The van der Waals surface area contributed by atoms with E-state index in [9.17, 15) is 0 Å². The summed E-state index contributed by atoms with van der Waals surface area (Å²) in [6.45, 7) is 6.88. The smallest absolute Gasteiger partial charge is 0.414 e. The molecule has 24 heavy (non-hydrogen) atoms. The molecule has 0 fully saturated rings. The Bertz CT molecular complexity index is 462. The molecule has 1 atom stereocenters. The van der Waals surface area contributed by atoms with Crippen molar-refractivity contribution in [2.75, 3.05) is 26.3 Å². The summed E-state index contributed by atoms with van der Waals surface area (Å²) >= 11 is 0. The largest absolute Gasteiger partial charge is 0.494 e. The minimum Gasteiger partial charge on any atom is -0.494 e. The standard InChI is InChI=1S/C15H25NO2.C2H2O4/c1-3-13(2)14-5-7-15(8-6-14)18-12-4-9-16-10-11-17;3-1(4)2(5)6/h5-8,13,16-17H,3-4,9-12H2,1-2H3;(H,3,4)(H,5,6). The highest BCUT2D eigenvalue weighted by Crippen LogP contribution is 2.21. The van der Waals surface area contributed by atoms with Crippen LogP contribution >= 0.6 is 0 Å². The van der Waals surface area contributed by atoms with Crippen LogP contribution in [0.25, 0.3) is 0 Å². The summed E-state index contributed by atoms with van der Waals surface area (Å²) in [7, 11) is 0. The van der Waals surface area contributed by atoms with Crippen molar-refractivity contribution in [3.63, 3.8) is 0 Å². The number of carboxylic acid groups (broad SMARTS) is 2. The number of carbonyl (C=O) groups is 2. The zero-order valence-electron chi connectivity index (χ0n) is 14.2. The second kappa shape index (κ2) is 13.3. The highest BCUT2D eigenvalue weighted by molar-refractivity contribution is 6.27. The number of hydrogen-bond donors (Lipinski definition) is 4. The molecular formula is C17H27NO6. The molecule has 0 aliphatic heterocycles. The first-order chi connectivity index (χ1) is 11.4. The lowest BCUT2D eigenvalue weighted by atomic mass is 9.99. The van der Waals surface area contributed by atoms with Crippen molar-refractivity contribution in [1.82, 2.24) is 5.32 Å². The summed E-state index contributed by atoms with van der Waals surface area (Å²) < 4.78 is 5.65. The fraction of sp³-hybridized carbons (Fsp3) is 0.529. The molecule has 1 unspecified atom stereocenters. The lowest BCUT2D eigenvalue weighted by molar-refractivity contribution is -0.159. The predicted octanol–water partition coefficient (Wildman–Crippen LogP) is 1.71. The Kier molecular flexibility index (Phi) is 12.2. The van der Waals surface area contributed by atoms with Crippen LogP contribution in [0, 0.1) is 0 Å². The molecule has 0 bridgehead atoms. The highest BCUT2D eigenvalue weighted by Gasteiger charge is 2.04. The maximum Gasteiger partial charge on any atom is 0.414 e. The Morgan fingerprint density at radius 2 is 1.71 bits per heavy atom. The van der Waals surface area contributed by atoms with Gasteiger partial charge in [-0.05, 0) is 43.0 Å². The van der Waals surface area contributed by atoms with Crippen molar-refractivity contribution >= 4 is 11.9 Å². The second-order valence-electron chi connectivity index (χ2n) is 5.16. The van der Waals surface area contributed by atoms with Crippen molar-refractivity contribution in [3.8, 4) is 5.75 Å². The van der Waals surface area contributed by atoms with Gasteiger partial charge in [0.1, 0.15) is 5.75 Å². The molecule has 0 radical (unpaired) electrons. The van der Waals surface area contributed by atoms with Gasteiger partial charge in [-0.15, -0.1) is 0 Å². The Morgan fingerprint density at radius 1 is 1.12 bits per heavy atom. The summed E-state index contributed by atoms with van der Waals surface area (Å²) in [4.78, 5) is 18.2. The Balaban J connectivity index is 0.000000754. The van der Waals surface area contributed by atoms with Crippen LogP contribution in [0.1, 0.15) is 38.2 Å². The van der Waals surface area contributed by atoms with Crippen LogP contribution in [0.3, 0.4) is 0 Å². The van der Waals surface area contributed by atoms with Crippen molar-refractivity contribution < 1.29 is 29.6 Å². The van der Waals surface area contributed by atoms with Gasteiger partial charge in [0.2, 0.25) is 0 Å². The average Bonchev–Trinajstić information content (AvgIpc) is 2.58. The van der Waals surface area contributed by atoms with Gasteiger partial charge in [-0.1, -0.05) is 26.0 Å². The minimum atomic E-state index is -1.82. The van der Waals surface area contributed by atoms with Gasteiger partial charge in [0, 0.05) is 6.54 Å². The van der Waals surface area contributed by atoms with Crippen LogP contribution < -0.4 is 10.1 Å². The zero-order valence-corrected chi connectivity index (χ0v) is 14.2. The fourth-order valence-electron chi connectivity index (χ4n) is 1.72. The van der Waals surface area contributed by atoms with E-state index in [2.05, 4.69) is 31.3 Å². The molecule has 0 amide bonds. The third-order valence-corrected chi connectivity index (χ3v) is 3.30. The zero-order chi connectivity index (χ0) is 18.4. The quantitative estimate of drug-likeness (QED) is 0.399. The summed E-state index contributed by atoms with van der Waals surface area (Å²) in [5, 5.41) is 26.5. The van der Waals surface area contributed by atoms with E-state index in [1.807, 2.05) is 12.1 Å². The SMILES string of the molecule is CCC(C)c1ccc(OCCCNCCO)cc1.O=C(O)C(=O)O. The number of nitrogens with one attached hydrogen (secondary N) is 1. The minimum absolute atomic E-state index is 0.192. The van der Waals surface area contributed by atoms with Crippen LogP contribution in [0.5, 0.6) is 5.75 Å². The van der Waals surface area contributed by atoms with E-state index in [4.69, 9.17) is 29.6 Å². The molecule has 4 N–H and O–H groups in total. The number of benzene rings is 1. The number of hydrogen-bond acceptors (Lipinski definition) is 5. The van der Waals surface area contributed by atoms with E-state index in [-0.39, 0.29) is 6.61 Å². The summed E-state index contributed by atoms with van der Waals surface area (Å²) in [5.74, 6) is -2.10. The molecule has 7 nitrogen and oxygen atoms in total. The molecule has 0 heterocycles.